The molecule has 2 heterocycles. The van der Waals surface area contributed by atoms with Crippen molar-refractivity contribution in [2.24, 2.45) is 5.92 Å². The van der Waals surface area contributed by atoms with Crippen LogP contribution in [0.3, 0.4) is 0 Å². The highest BCUT2D eigenvalue weighted by Gasteiger charge is 2.31. The van der Waals surface area contributed by atoms with Crippen LogP contribution in [0.5, 0.6) is 5.88 Å². The minimum absolute atomic E-state index is 0.0349. The molecular weight excluding hydrogens is 423 g/mol. The van der Waals surface area contributed by atoms with E-state index in [1.54, 1.807) is 26.0 Å². The molecule has 0 aromatic carbocycles. The Balaban J connectivity index is 1.80. The largest absolute Gasteiger partial charge is 0.477 e. The summed E-state index contributed by atoms with van der Waals surface area (Å²) in [7, 11) is 0. The van der Waals surface area contributed by atoms with Crippen molar-refractivity contribution in [3.05, 3.63) is 52.4 Å². The molecule has 0 radical (unpaired) electrons. The van der Waals surface area contributed by atoms with Crippen LogP contribution in [0.2, 0.25) is 5.02 Å². The Morgan fingerprint density at radius 3 is 2.60 bits per heavy atom. The van der Waals surface area contributed by atoms with Crippen molar-refractivity contribution < 1.29 is 27.5 Å². The fraction of sp³-hybridized carbons (Fsp3) is 0.400. The maximum absolute atomic E-state index is 12.6. The van der Waals surface area contributed by atoms with Crippen LogP contribution in [0.15, 0.2) is 30.6 Å². The van der Waals surface area contributed by atoms with Crippen LogP contribution in [-0.4, -0.2) is 34.8 Å². The van der Waals surface area contributed by atoms with E-state index in [1.807, 2.05) is 0 Å². The molecule has 0 fully saturated rings. The normalized spacial score (nSPS) is 11.4. The molecule has 0 unspecified atom stereocenters. The summed E-state index contributed by atoms with van der Waals surface area (Å²) in [5.41, 5.74) is -0.0587. The number of rotatable bonds is 9. The fourth-order valence-corrected chi connectivity index (χ4v) is 2.55. The molecule has 0 spiro atoms. The van der Waals surface area contributed by atoms with Crippen molar-refractivity contribution >= 4 is 23.3 Å². The smallest absolute Gasteiger partial charge is 0.417 e. The Labute approximate surface area is 176 Å². The van der Waals surface area contributed by atoms with Crippen LogP contribution in [0, 0.1) is 5.92 Å². The van der Waals surface area contributed by atoms with Crippen molar-refractivity contribution in [1.82, 2.24) is 15.3 Å². The Hall–Kier alpha value is -2.68. The second-order valence-electron chi connectivity index (χ2n) is 6.80. The van der Waals surface area contributed by atoms with Gasteiger partial charge in [0, 0.05) is 42.5 Å². The number of ether oxygens (including phenoxy) is 1. The zero-order valence-corrected chi connectivity index (χ0v) is 17.2. The van der Waals surface area contributed by atoms with E-state index in [9.17, 15) is 22.8 Å². The average molecular weight is 444 g/mol. The van der Waals surface area contributed by atoms with E-state index in [4.69, 9.17) is 16.3 Å². The summed E-state index contributed by atoms with van der Waals surface area (Å²) in [6.45, 7) is 3.96. The molecule has 0 saturated heterocycles. The van der Waals surface area contributed by atoms with Crippen LogP contribution in [0.1, 0.15) is 41.9 Å². The van der Waals surface area contributed by atoms with Gasteiger partial charge in [0.05, 0.1) is 12.2 Å². The highest BCUT2D eigenvalue weighted by atomic mass is 35.5. The SMILES string of the molecule is CC(C)C(=O)Cc1cc(C(=O)NCCCOc2ncc(C(F)(F)F)cc2Cl)ccn1. The molecular formula is C20H21ClF3N3O3. The first-order valence-corrected chi connectivity index (χ1v) is 9.57. The zero-order chi connectivity index (χ0) is 22.3. The van der Waals surface area contributed by atoms with Gasteiger partial charge in [-0.15, -0.1) is 0 Å². The summed E-state index contributed by atoms with van der Waals surface area (Å²) in [6.07, 6.45) is -1.87. The summed E-state index contributed by atoms with van der Waals surface area (Å²) in [5, 5.41) is 2.46. The van der Waals surface area contributed by atoms with E-state index >= 15 is 0 Å². The number of carbonyl (C=O) groups is 2. The third kappa shape index (κ3) is 6.98. The first-order chi connectivity index (χ1) is 14.1. The van der Waals surface area contributed by atoms with Gasteiger partial charge in [-0.2, -0.15) is 13.2 Å². The Morgan fingerprint density at radius 1 is 1.23 bits per heavy atom. The van der Waals surface area contributed by atoms with E-state index in [-0.39, 0.29) is 48.1 Å². The topological polar surface area (TPSA) is 81.2 Å². The van der Waals surface area contributed by atoms with Gasteiger partial charge in [0.1, 0.15) is 10.8 Å². The van der Waals surface area contributed by atoms with Crippen molar-refractivity contribution in [3.8, 4) is 5.88 Å². The second kappa shape index (κ2) is 10.4. The van der Waals surface area contributed by atoms with Gasteiger partial charge in [0.15, 0.2) is 0 Å². The molecule has 0 aliphatic rings. The van der Waals surface area contributed by atoms with Crippen molar-refractivity contribution in [3.63, 3.8) is 0 Å². The fourth-order valence-electron chi connectivity index (χ4n) is 2.33. The number of nitrogens with one attached hydrogen (secondary N) is 1. The lowest BCUT2D eigenvalue weighted by atomic mass is 10.0. The lowest BCUT2D eigenvalue weighted by Crippen LogP contribution is -2.26. The lowest BCUT2D eigenvalue weighted by Gasteiger charge is -2.11. The first-order valence-electron chi connectivity index (χ1n) is 9.19. The van der Waals surface area contributed by atoms with Gasteiger partial charge in [-0.05, 0) is 24.6 Å². The van der Waals surface area contributed by atoms with Gasteiger partial charge >= 0.3 is 6.18 Å². The van der Waals surface area contributed by atoms with Gasteiger partial charge in [-0.25, -0.2) is 4.98 Å². The number of pyridine rings is 2. The van der Waals surface area contributed by atoms with Crippen LogP contribution in [0.25, 0.3) is 0 Å². The number of nitrogens with zero attached hydrogens (tertiary/aromatic N) is 2. The molecule has 0 bridgehead atoms. The molecule has 0 aliphatic heterocycles. The summed E-state index contributed by atoms with van der Waals surface area (Å²) < 4.78 is 43.0. The van der Waals surface area contributed by atoms with Crippen molar-refractivity contribution in [2.75, 3.05) is 13.2 Å². The minimum atomic E-state index is -4.53. The third-order valence-corrected chi connectivity index (χ3v) is 4.33. The van der Waals surface area contributed by atoms with E-state index in [1.165, 1.54) is 6.20 Å². The quantitative estimate of drug-likeness (QED) is 0.590. The Morgan fingerprint density at radius 2 is 1.97 bits per heavy atom. The van der Waals surface area contributed by atoms with Crippen molar-refractivity contribution in [2.45, 2.75) is 32.9 Å². The molecule has 2 aromatic rings. The molecule has 30 heavy (non-hydrogen) atoms. The molecule has 2 rings (SSSR count). The maximum atomic E-state index is 12.6. The van der Waals surface area contributed by atoms with Gasteiger partial charge in [-0.1, -0.05) is 25.4 Å². The van der Waals surface area contributed by atoms with Gasteiger partial charge in [0.2, 0.25) is 5.88 Å². The van der Waals surface area contributed by atoms with Crippen LogP contribution >= 0.6 is 11.6 Å². The Kier molecular flexibility index (Phi) is 8.16. The van der Waals surface area contributed by atoms with Gasteiger partial charge in [-0.3, -0.25) is 14.6 Å². The average Bonchev–Trinajstić information content (AvgIpc) is 2.68. The van der Waals surface area contributed by atoms with Crippen LogP contribution in [-0.2, 0) is 17.4 Å². The molecule has 162 valence electrons. The van der Waals surface area contributed by atoms with E-state index < -0.39 is 11.7 Å². The van der Waals surface area contributed by atoms with E-state index in [0.29, 0.717) is 23.9 Å². The minimum Gasteiger partial charge on any atom is -0.477 e. The molecule has 10 heteroatoms. The summed E-state index contributed by atoms with van der Waals surface area (Å²) in [5.74, 6) is -0.518. The molecule has 1 amide bonds. The maximum Gasteiger partial charge on any atom is 0.417 e. The first kappa shape index (κ1) is 23.6. The zero-order valence-electron chi connectivity index (χ0n) is 16.4. The van der Waals surface area contributed by atoms with Crippen molar-refractivity contribution in [1.29, 1.82) is 0 Å². The molecule has 1 N–H and O–H groups in total. The Bertz CT molecular complexity index is 904. The third-order valence-electron chi connectivity index (χ3n) is 4.06. The second-order valence-corrected chi connectivity index (χ2v) is 7.21. The number of halogens is 4. The lowest BCUT2D eigenvalue weighted by molar-refractivity contribution is -0.137. The number of amides is 1. The molecule has 2 aromatic heterocycles. The number of alkyl halides is 3. The number of aromatic nitrogens is 2. The molecule has 0 atom stereocenters. The number of hydrogen-bond acceptors (Lipinski definition) is 5. The molecule has 0 saturated carbocycles. The standard InChI is InChI=1S/C20H21ClF3N3O3/c1-12(2)17(28)10-15-8-13(4-6-25-15)18(29)26-5-3-7-30-19-16(21)9-14(11-27-19)20(22,23)24/h4,6,8-9,11-12H,3,5,7,10H2,1-2H3,(H,26,29). The van der Waals surface area contributed by atoms with Gasteiger partial charge < -0.3 is 10.1 Å². The van der Waals surface area contributed by atoms with Crippen LogP contribution < -0.4 is 10.1 Å². The highest BCUT2D eigenvalue weighted by molar-refractivity contribution is 6.31. The monoisotopic (exact) mass is 443 g/mol. The summed E-state index contributed by atoms with van der Waals surface area (Å²) in [4.78, 5) is 31.7. The number of hydrogen-bond donors (Lipinski definition) is 1. The predicted molar refractivity (Wildman–Crippen MR) is 104 cm³/mol. The number of Topliss-reactive ketones (excluding diaryl/α,β-unsaturated/α-hetero) is 1. The van der Waals surface area contributed by atoms with E-state index in [2.05, 4.69) is 15.3 Å². The summed E-state index contributed by atoms with van der Waals surface area (Å²) >= 11 is 5.76. The number of carbonyl (C=O) groups excluding carboxylic acids is 2. The molecule has 0 aliphatic carbocycles. The number of ketones is 1. The van der Waals surface area contributed by atoms with Gasteiger partial charge in [0.25, 0.3) is 5.91 Å². The highest BCUT2D eigenvalue weighted by Crippen LogP contribution is 2.33. The molecule has 6 nitrogen and oxygen atoms in total. The predicted octanol–water partition coefficient (Wildman–Crippen LogP) is 4.12. The summed E-state index contributed by atoms with van der Waals surface area (Å²) in [6, 6.07) is 3.86. The van der Waals surface area contributed by atoms with Crippen LogP contribution in [0.4, 0.5) is 13.2 Å². The van der Waals surface area contributed by atoms with E-state index in [0.717, 1.165) is 6.07 Å².